The lowest BCUT2D eigenvalue weighted by molar-refractivity contribution is 0.118. The first-order chi connectivity index (χ1) is 10.1. The first-order valence-electron chi connectivity index (χ1n) is 8.21. The third-order valence-electron chi connectivity index (χ3n) is 4.89. The quantitative estimate of drug-likeness (QED) is 0.242. The van der Waals surface area contributed by atoms with Crippen LogP contribution in [0.5, 0.6) is 0 Å². The van der Waals surface area contributed by atoms with E-state index < -0.39 is 8.32 Å². The van der Waals surface area contributed by atoms with Crippen LogP contribution in [0.1, 0.15) is 53.4 Å². The fraction of sp³-hybridized carbons (Fsp3) is 0.737. The van der Waals surface area contributed by atoms with Gasteiger partial charge < -0.3 is 4.43 Å². The largest absolute Gasteiger partial charge is 0.410 e. The third kappa shape index (κ3) is 6.38. The van der Waals surface area contributed by atoms with E-state index in [1.807, 2.05) is 6.08 Å². The van der Waals surface area contributed by atoms with Crippen LogP contribution in [0.25, 0.3) is 0 Å². The van der Waals surface area contributed by atoms with Gasteiger partial charge in [0.25, 0.3) is 0 Å². The van der Waals surface area contributed by atoms with Gasteiger partial charge in [-0.3, -0.25) is 0 Å². The number of unbranched alkanes of at least 4 members (excludes halogenated alkanes) is 1. The lowest BCUT2D eigenvalue weighted by Crippen LogP contribution is -2.46. The van der Waals surface area contributed by atoms with Gasteiger partial charge in [-0.1, -0.05) is 33.8 Å². The summed E-state index contributed by atoms with van der Waals surface area (Å²) in [6, 6.07) is 2.23. The Balaban J connectivity index is 5.17. The second-order valence-corrected chi connectivity index (χ2v) is 12.4. The smallest absolute Gasteiger partial charge is 0.192 e. The summed E-state index contributed by atoms with van der Waals surface area (Å²) in [6.07, 6.45) is 10.6. The number of hydrogen-bond donors (Lipinski definition) is 0. The lowest BCUT2D eigenvalue weighted by Gasteiger charge is -2.41. The van der Waals surface area contributed by atoms with Crippen molar-refractivity contribution in [3.8, 4) is 18.4 Å². The molecule has 2 nitrogen and oxygen atoms in total. The van der Waals surface area contributed by atoms with Gasteiger partial charge in [0, 0.05) is 12.8 Å². The molecule has 3 atom stereocenters. The standard InChI is InChI=1S/C19H33NOSi/c1-9-13-16(3)17(14-11-12-15-20)18(10-2)21-22(7,8)19(4,5)6/h1,10,16-18H,2,11-14H2,3-8H3/t16-,17+,18?/m1/s1. The molecule has 0 bridgehead atoms. The molecule has 0 spiro atoms. The summed E-state index contributed by atoms with van der Waals surface area (Å²) in [4.78, 5) is 0. The van der Waals surface area contributed by atoms with Gasteiger partial charge in [0.2, 0.25) is 0 Å². The average Bonchev–Trinajstić information content (AvgIpc) is 2.40. The van der Waals surface area contributed by atoms with Crippen LogP contribution in [0.4, 0.5) is 0 Å². The molecule has 0 aliphatic carbocycles. The van der Waals surface area contributed by atoms with Crippen molar-refractivity contribution in [2.24, 2.45) is 11.8 Å². The molecule has 0 fully saturated rings. The van der Waals surface area contributed by atoms with Gasteiger partial charge in [-0.15, -0.1) is 18.9 Å². The Morgan fingerprint density at radius 3 is 2.36 bits per heavy atom. The zero-order valence-corrected chi connectivity index (χ0v) is 16.3. The Morgan fingerprint density at radius 1 is 1.36 bits per heavy atom. The van der Waals surface area contributed by atoms with E-state index in [0.29, 0.717) is 18.3 Å². The van der Waals surface area contributed by atoms with Gasteiger partial charge in [0.1, 0.15) is 0 Å². The Morgan fingerprint density at radius 2 is 1.95 bits per heavy atom. The predicted molar refractivity (Wildman–Crippen MR) is 97.8 cm³/mol. The molecule has 124 valence electrons. The lowest BCUT2D eigenvalue weighted by atomic mass is 9.83. The topological polar surface area (TPSA) is 33.0 Å². The highest BCUT2D eigenvalue weighted by Gasteiger charge is 2.40. The molecule has 0 aromatic carbocycles. The van der Waals surface area contributed by atoms with Crippen molar-refractivity contribution >= 4 is 8.32 Å². The van der Waals surface area contributed by atoms with Crippen LogP contribution in [0, 0.1) is 35.5 Å². The molecule has 0 radical (unpaired) electrons. The summed E-state index contributed by atoms with van der Waals surface area (Å²) in [6.45, 7) is 17.4. The molecule has 0 aromatic rings. The van der Waals surface area contributed by atoms with E-state index in [1.165, 1.54) is 0 Å². The predicted octanol–water partition coefficient (Wildman–Crippen LogP) is 5.53. The molecule has 0 aliphatic rings. The highest BCUT2D eigenvalue weighted by Crippen LogP contribution is 2.39. The zero-order valence-electron chi connectivity index (χ0n) is 15.3. The van der Waals surface area contributed by atoms with Crippen molar-refractivity contribution in [2.75, 3.05) is 0 Å². The SMILES string of the molecule is C#CC[C@@H](C)[C@H](CCCC#N)C(C=C)O[Si](C)(C)C(C)(C)C. The van der Waals surface area contributed by atoms with Crippen molar-refractivity contribution in [3.05, 3.63) is 12.7 Å². The van der Waals surface area contributed by atoms with E-state index in [1.54, 1.807) is 0 Å². The minimum atomic E-state index is -1.86. The van der Waals surface area contributed by atoms with Gasteiger partial charge in [-0.25, -0.2) is 0 Å². The van der Waals surface area contributed by atoms with Crippen LogP contribution in [0.3, 0.4) is 0 Å². The number of nitrogens with zero attached hydrogens (tertiary/aromatic N) is 1. The average molecular weight is 320 g/mol. The van der Waals surface area contributed by atoms with Crippen LogP contribution < -0.4 is 0 Å². The van der Waals surface area contributed by atoms with E-state index >= 15 is 0 Å². The molecule has 0 amide bonds. The summed E-state index contributed by atoms with van der Waals surface area (Å²) in [5, 5.41) is 8.95. The van der Waals surface area contributed by atoms with Gasteiger partial charge in [-0.2, -0.15) is 5.26 Å². The molecule has 0 N–H and O–H groups in total. The van der Waals surface area contributed by atoms with Crippen LogP contribution in [0.15, 0.2) is 12.7 Å². The monoisotopic (exact) mass is 319 g/mol. The van der Waals surface area contributed by atoms with E-state index in [-0.39, 0.29) is 11.1 Å². The van der Waals surface area contributed by atoms with Crippen molar-refractivity contribution in [3.63, 3.8) is 0 Å². The van der Waals surface area contributed by atoms with Crippen LogP contribution in [-0.2, 0) is 4.43 Å². The normalized spacial score (nSPS) is 16.2. The minimum Gasteiger partial charge on any atom is -0.410 e. The summed E-state index contributed by atoms with van der Waals surface area (Å²) >= 11 is 0. The maximum Gasteiger partial charge on any atom is 0.192 e. The fourth-order valence-electron chi connectivity index (χ4n) is 2.35. The van der Waals surface area contributed by atoms with Gasteiger partial charge in [-0.05, 0) is 42.8 Å². The number of nitriles is 1. The molecule has 0 heterocycles. The van der Waals surface area contributed by atoms with Crippen LogP contribution in [-0.4, -0.2) is 14.4 Å². The molecule has 22 heavy (non-hydrogen) atoms. The Hall–Kier alpha value is -1.03. The van der Waals surface area contributed by atoms with Crippen molar-refractivity contribution in [1.29, 1.82) is 5.26 Å². The molecule has 1 unspecified atom stereocenters. The van der Waals surface area contributed by atoms with Crippen molar-refractivity contribution in [1.82, 2.24) is 0 Å². The maximum atomic E-state index is 8.78. The summed E-state index contributed by atoms with van der Waals surface area (Å²) in [7, 11) is -1.86. The molecule has 3 heteroatoms. The van der Waals surface area contributed by atoms with E-state index in [4.69, 9.17) is 16.1 Å². The minimum absolute atomic E-state index is 0.0166. The molecular weight excluding hydrogens is 286 g/mol. The van der Waals surface area contributed by atoms with Crippen LogP contribution >= 0.6 is 0 Å². The van der Waals surface area contributed by atoms with Crippen molar-refractivity contribution in [2.45, 2.75) is 77.6 Å². The second-order valence-electron chi connectivity index (χ2n) is 7.68. The Bertz CT molecular complexity index is 422. The summed E-state index contributed by atoms with van der Waals surface area (Å²) < 4.78 is 6.58. The molecule has 0 saturated heterocycles. The second kappa shape index (κ2) is 9.18. The van der Waals surface area contributed by atoms with E-state index in [2.05, 4.69) is 59.4 Å². The number of hydrogen-bond acceptors (Lipinski definition) is 2. The maximum absolute atomic E-state index is 8.78. The molecule has 0 rings (SSSR count). The first kappa shape index (κ1) is 21.0. The number of rotatable bonds is 9. The van der Waals surface area contributed by atoms with Gasteiger partial charge in [0.05, 0.1) is 12.2 Å². The molecular formula is C19H33NOSi. The highest BCUT2D eigenvalue weighted by molar-refractivity contribution is 6.74. The number of terminal acetylenes is 1. The first-order valence-corrected chi connectivity index (χ1v) is 11.1. The highest BCUT2D eigenvalue weighted by atomic mass is 28.4. The Kier molecular flexibility index (Phi) is 8.75. The van der Waals surface area contributed by atoms with E-state index in [9.17, 15) is 0 Å². The Labute approximate surface area is 139 Å². The molecule has 0 aliphatic heterocycles. The van der Waals surface area contributed by atoms with Crippen LogP contribution in [0.2, 0.25) is 18.1 Å². The molecule has 0 saturated carbocycles. The van der Waals surface area contributed by atoms with Gasteiger partial charge >= 0.3 is 0 Å². The van der Waals surface area contributed by atoms with E-state index in [0.717, 1.165) is 19.3 Å². The molecule has 0 aromatic heterocycles. The zero-order chi connectivity index (χ0) is 17.4. The van der Waals surface area contributed by atoms with Crippen molar-refractivity contribution < 1.29 is 4.43 Å². The summed E-state index contributed by atoms with van der Waals surface area (Å²) in [5.41, 5.74) is 0. The summed E-state index contributed by atoms with van der Waals surface area (Å²) in [5.74, 6) is 3.47. The third-order valence-corrected chi connectivity index (χ3v) is 9.36. The fourth-order valence-corrected chi connectivity index (χ4v) is 3.66. The van der Waals surface area contributed by atoms with Gasteiger partial charge in [0.15, 0.2) is 8.32 Å².